The van der Waals surface area contributed by atoms with Gasteiger partial charge >= 0.3 is 11.8 Å². The van der Waals surface area contributed by atoms with Crippen LogP contribution in [0.4, 0.5) is 5.69 Å². The Morgan fingerprint density at radius 3 is 2.58 bits per heavy atom. The minimum Gasteiger partial charge on any atom is -0.480 e. The molecule has 2 aromatic heterocycles. The van der Waals surface area contributed by atoms with Crippen molar-refractivity contribution in [2.24, 2.45) is 11.7 Å². The predicted octanol–water partition coefficient (Wildman–Crippen LogP) is 3.88. The number of benzene rings is 1. The number of likely N-dealkylation sites (N-methyl/N-ethyl adjacent to an activating group) is 1. The first-order valence-corrected chi connectivity index (χ1v) is 14.3. The van der Waals surface area contributed by atoms with Crippen molar-refractivity contribution in [1.82, 2.24) is 19.8 Å². The second-order valence-electron chi connectivity index (χ2n) is 11.2. The van der Waals surface area contributed by atoms with Crippen molar-refractivity contribution in [2.75, 3.05) is 39.1 Å². The number of amides is 3. The van der Waals surface area contributed by atoms with Gasteiger partial charge < -0.3 is 25.6 Å². The molecule has 2 atom stereocenters. The van der Waals surface area contributed by atoms with E-state index in [0.29, 0.717) is 30.5 Å². The molecule has 5 rings (SSSR count). The highest BCUT2D eigenvalue weighted by atomic mass is 32.1. The first-order valence-electron chi connectivity index (χ1n) is 13.5. The number of ether oxygens (including phenoxy) is 1. The van der Waals surface area contributed by atoms with E-state index in [-0.39, 0.29) is 17.1 Å². The zero-order valence-corrected chi connectivity index (χ0v) is 24.6. The topological polar surface area (TPSA) is 131 Å². The van der Waals surface area contributed by atoms with Gasteiger partial charge in [0.15, 0.2) is 0 Å². The Balaban J connectivity index is 0.000000192. The minimum atomic E-state index is -0.763. The molecule has 40 heavy (non-hydrogen) atoms. The minimum absolute atomic E-state index is 0.0318. The van der Waals surface area contributed by atoms with Crippen LogP contribution >= 0.6 is 11.3 Å². The number of methoxy groups -OCH3 is 1. The number of para-hydroxylation sites is 1. The van der Waals surface area contributed by atoms with Gasteiger partial charge in [-0.05, 0) is 64.3 Å². The molecule has 0 radical (unpaired) electrons. The average molecular weight is 567 g/mol. The van der Waals surface area contributed by atoms with E-state index in [4.69, 9.17) is 15.5 Å². The van der Waals surface area contributed by atoms with E-state index < -0.39 is 17.7 Å². The van der Waals surface area contributed by atoms with Gasteiger partial charge in [0.05, 0.1) is 34.2 Å². The Bertz CT molecular complexity index is 1360. The highest BCUT2D eigenvalue weighted by Gasteiger charge is 2.37. The van der Waals surface area contributed by atoms with E-state index in [2.05, 4.69) is 60.4 Å². The van der Waals surface area contributed by atoms with Crippen LogP contribution in [0.3, 0.4) is 0 Å². The van der Waals surface area contributed by atoms with Crippen molar-refractivity contribution < 1.29 is 19.1 Å². The van der Waals surface area contributed by atoms with Gasteiger partial charge in [-0.1, -0.05) is 19.1 Å². The Hall–Kier alpha value is -3.57. The number of carbonyl (C=O) groups excluding carboxylic acids is 3. The maximum absolute atomic E-state index is 12.2. The van der Waals surface area contributed by atoms with Crippen LogP contribution in [0.5, 0.6) is 5.88 Å². The number of rotatable bonds is 4. The molecule has 0 bridgehead atoms. The van der Waals surface area contributed by atoms with Crippen molar-refractivity contribution in [3.8, 4) is 5.88 Å². The van der Waals surface area contributed by atoms with E-state index in [9.17, 15) is 14.4 Å². The van der Waals surface area contributed by atoms with Crippen LogP contribution in [0.1, 0.15) is 61.3 Å². The van der Waals surface area contributed by atoms with E-state index in [0.717, 1.165) is 24.9 Å². The standard InChI is InChI=1S/C15H20N4O4.C14H18N2S/c1-9-4-3-5-19(8-9)15(22)13(21)18-10-6-11(12(16)20)14(23-2)17-7-10;1-14(2)8-10(9-16(14)3)13-15-11-6-4-5-7-12(11)17-13/h6-7,9H,3-5,8H2,1-2H3,(H2,16,20)(H,18,21);4-7,10H,8-9H2,1-3H3. The van der Waals surface area contributed by atoms with E-state index in [1.165, 1.54) is 40.4 Å². The quantitative estimate of drug-likeness (QED) is 0.458. The Morgan fingerprint density at radius 1 is 1.20 bits per heavy atom. The van der Waals surface area contributed by atoms with Crippen molar-refractivity contribution in [3.63, 3.8) is 0 Å². The van der Waals surface area contributed by atoms with Gasteiger partial charge in [0.1, 0.15) is 5.56 Å². The van der Waals surface area contributed by atoms with Crippen molar-refractivity contribution in [3.05, 3.63) is 47.1 Å². The van der Waals surface area contributed by atoms with Gasteiger partial charge in [-0.25, -0.2) is 9.97 Å². The molecule has 2 unspecified atom stereocenters. The number of nitrogens with two attached hydrogens (primary N) is 1. The van der Waals surface area contributed by atoms with Crippen molar-refractivity contribution in [2.45, 2.75) is 51.5 Å². The average Bonchev–Trinajstić information content (AvgIpc) is 3.48. The number of aromatic nitrogens is 2. The number of nitrogens with zero attached hydrogens (tertiary/aromatic N) is 4. The second kappa shape index (κ2) is 12.3. The van der Waals surface area contributed by atoms with E-state index >= 15 is 0 Å². The number of fused-ring (bicyclic) bond motifs is 1. The summed E-state index contributed by atoms with van der Waals surface area (Å²) in [6.45, 7) is 8.96. The largest absolute Gasteiger partial charge is 0.480 e. The Kier molecular flexibility index (Phi) is 9.05. The third-order valence-corrected chi connectivity index (χ3v) is 8.84. The van der Waals surface area contributed by atoms with Gasteiger partial charge in [0, 0.05) is 31.1 Å². The van der Waals surface area contributed by atoms with Crippen LogP contribution in [-0.4, -0.2) is 76.8 Å². The third kappa shape index (κ3) is 6.76. The van der Waals surface area contributed by atoms with Crippen molar-refractivity contribution in [1.29, 1.82) is 0 Å². The number of anilines is 1. The lowest BCUT2D eigenvalue weighted by atomic mass is 9.97. The molecule has 4 heterocycles. The van der Waals surface area contributed by atoms with Gasteiger partial charge in [-0.3, -0.25) is 14.4 Å². The summed E-state index contributed by atoms with van der Waals surface area (Å²) in [5.74, 6) is -1.04. The van der Waals surface area contributed by atoms with Gasteiger partial charge in [-0.2, -0.15) is 0 Å². The first-order chi connectivity index (χ1) is 19.0. The van der Waals surface area contributed by atoms with Crippen LogP contribution < -0.4 is 15.8 Å². The molecule has 2 aliphatic rings. The number of hydrogen-bond acceptors (Lipinski definition) is 8. The third-order valence-electron chi connectivity index (χ3n) is 7.64. The lowest BCUT2D eigenvalue weighted by molar-refractivity contribution is -0.144. The Labute approximate surface area is 238 Å². The molecule has 2 fully saturated rings. The number of hydrogen-bond donors (Lipinski definition) is 2. The fourth-order valence-electron chi connectivity index (χ4n) is 5.19. The lowest BCUT2D eigenvalue weighted by Crippen LogP contribution is -2.44. The number of primary amides is 1. The highest BCUT2D eigenvalue weighted by molar-refractivity contribution is 7.18. The lowest BCUT2D eigenvalue weighted by Gasteiger charge is -2.30. The molecule has 3 aromatic rings. The maximum Gasteiger partial charge on any atom is 0.313 e. The zero-order valence-electron chi connectivity index (χ0n) is 23.8. The summed E-state index contributed by atoms with van der Waals surface area (Å²) in [6.07, 6.45) is 4.45. The van der Waals surface area contributed by atoms with E-state index in [1.807, 2.05) is 18.3 Å². The number of thiazole rings is 1. The molecule has 2 saturated heterocycles. The molecule has 0 aliphatic carbocycles. The number of likely N-dealkylation sites (tertiary alicyclic amines) is 2. The summed E-state index contributed by atoms with van der Waals surface area (Å²) in [6, 6.07) is 9.77. The van der Waals surface area contributed by atoms with Crippen LogP contribution in [0.15, 0.2) is 36.5 Å². The highest BCUT2D eigenvalue weighted by Crippen LogP contribution is 2.40. The summed E-state index contributed by atoms with van der Waals surface area (Å²) in [5, 5.41) is 3.75. The fourth-order valence-corrected chi connectivity index (χ4v) is 6.25. The number of pyridine rings is 1. The van der Waals surface area contributed by atoms with Gasteiger partial charge in [-0.15, -0.1) is 11.3 Å². The first kappa shape index (κ1) is 29.4. The second-order valence-corrected chi connectivity index (χ2v) is 12.3. The molecular formula is C29H38N6O4S. The van der Waals surface area contributed by atoms with Gasteiger partial charge in [0.2, 0.25) is 5.88 Å². The SMILES string of the molecule is CN1CC(c2nc3ccccc3s2)CC1(C)C.COc1ncc(NC(=O)C(=O)N2CCCC(C)C2)cc1C(N)=O. The summed E-state index contributed by atoms with van der Waals surface area (Å²) in [4.78, 5) is 48.3. The van der Waals surface area contributed by atoms with E-state index in [1.54, 1.807) is 0 Å². The number of piperidine rings is 1. The molecule has 0 saturated carbocycles. The zero-order chi connectivity index (χ0) is 29.0. The molecule has 0 spiro atoms. The molecule has 214 valence electrons. The monoisotopic (exact) mass is 566 g/mol. The fraction of sp³-hybridized carbons (Fsp3) is 0.483. The molecule has 2 aliphatic heterocycles. The normalized spacial score (nSPS) is 20.5. The smallest absolute Gasteiger partial charge is 0.313 e. The van der Waals surface area contributed by atoms with Crippen LogP contribution in [-0.2, 0) is 9.59 Å². The van der Waals surface area contributed by atoms with Crippen LogP contribution in [0.25, 0.3) is 10.2 Å². The van der Waals surface area contributed by atoms with Crippen molar-refractivity contribution >= 4 is 45.0 Å². The molecule has 1 aromatic carbocycles. The molecule has 3 N–H and O–H groups in total. The number of nitrogens with one attached hydrogen (secondary N) is 1. The summed E-state index contributed by atoms with van der Waals surface area (Å²) in [5.41, 5.74) is 6.94. The molecular weight excluding hydrogens is 528 g/mol. The molecule has 11 heteroatoms. The number of carbonyl (C=O) groups is 3. The predicted molar refractivity (Wildman–Crippen MR) is 157 cm³/mol. The maximum atomic E-state index is 12.2. The molecule has 10 nitrogen and oxygen atoms in total. The Morgan fingerprint density at radius 2 is 1.95 bits per heavy atom. The van der Waals surface area contributed by atoms with Gasteiger partial charge in [0.25, 0.3) is 5.91 Å². The summed E-state index contributed by atoms with van der Waals surface area (Å²) >= 11 is 1.86. The molecule has 3 amide bonds. The summed E-state index contributed by atoms with van der Waals surface area (Å²) in [7, 11) is 3.57. The summed E-state index contributed by atoms with van der Waals surface area (Å²) < 4.78 is 6.24. The van der Waals surface area contributed by atoms with Crippen LogP contribution in [0, 0.1) is 5.92 Å². The van der Waals surface area contributed by atoms with Crippen LogP contribution in [0.2, 0.25) is 0 Å².